The molecule has 1 unspecified atom stereocenters. The summed E-state index contributed by atoms with van der Waals surface area (Å²) >= 11 is 0. The fourth-order valence-electron chi connectivity index (χ4n) is 0.927. The lowest BCUT2D eigenvalue weighted by Gasteiger charge is -2.08. The lowest BCUT2D eigenvalue weighted by molar-refractivity contribution is 0.131. The van der Waals surface area contributed by atoms with Crippen LogP contribution in [0.1, 0.15) is 32.6 Å². The van der Waals surface area contributed by atoms with Crippen molar-refractivity contribution in [3.8, 4) is 0 Å². The van der Waals surface area contributed by atoms with Crippen molar-refractivity contribution in [3.05, 3.63) is 12.7 Å². The summed E-state index contributed by atoms with van der Waals surface area (Å²) in [6.45, 7) is 5.89. The van der Waals surface area contributed by atoms with Crippen molar-refractivity contribution in [2.24, 2.45) is 0 Å². The molecule has 0 aliphatic carbocycles. The highest BCUT2D eigenvalue weighted by Crippen LogP contribution is 2.05. The van der Waals surface area contributed by atoms with Crippen LogP contribution in [0.5, 0.6) is 0 Å². The molecule has 0 aromatic rings. The number of methoxy groups -OCH3 is 1. The van der Waals surface area contributed by atoms with Crippen LogP contribution in [0, 0.1) is 0 Å². The van der Waals surface area contributed by atoms with Crippen LogP contribution in [0.25, 0.3) is 0 Å². The molecular formula is C9H18O. The van der Waals surface area contributed by atoms with Gasteiger partial charge in [-0.2, -0.15) is 0 Å². The van der Waals surface area contributed by atoms with Crippen molar-refractivity contribution in [3.63, 3.8) is 0 Å². The predicted molar refractivity (Wildman–Crippen MR) is 45.1 cm³/mol. The molecular weight excluding hydrogens is 124 g/mol. The minimum Gasteiger partial charge on any atom is -0.377 e. The normalized spacial score (nSPS) is 13.0. The summed E-state index contributed by atoms with van der Waals surface area (Å²) in [5.74, 6) is 0. The first-order valence-electron chi connectivity index (χ1n) is 4.00. The maximum atomic E-state index is 5.13. The molecule has 0 spiro atoms. The number of hydrogen-bond acceptors (Lipinski definition) is 1. The van der Waals surface area contributed by atoms with E-state index in [1.54, 1.807) is 7.11 Å². The molecule has 0 heterocycles. The van der Waals surface area contributed by atoms with Crippen LogP contribution >= 0.6 is 0 Å². The van der Waals surface area contributed by atoms with Gasteiger partial charge in [-0.05, 0) is 6.42 Å². The van der Waals surface area contributed by atoms with Crippen LogP contribution in [0.2, 0.25) is 0 Å². The Labute approximate surface area is 64.1 Å². The SMILES string of the molecule is C=CC(CCCCC)OC. The van der Waals surface area contributed by atoms with Crippen LogP contribution in [0.15, 0.2) is 12.7 Å². The molecule has 0 saturated carbocycles. The molecule has 0 bridgehead atoms. The van der Waals surface area contributed by atoms with E-state index in [4.69, 9.17) is 4.74 Å². The predicted octanol–water partition coefficient (Wildman–Crippen LogP) is 2.77. The Kier molecular flexibility index (Phi) is 6.61. The summed E-state index contributed by atoms with van der Waals surface area (Å²) in [5, 5.41) is 0. The Morgan fingerprint density at radius 1 is 1.50 bits per heavy atom. The van der Waals surface area contributed by atoms with Crippen molar-refractivity contribution in [1.29, 1.82) is 0 Å². The molecule has 0 saturated heterocycles. The Bertz CT molecular complexity index is 78.8. The highest BCUT2D eigenvalue weighted by Gasteiger charge is 1.98. The minimum atomic E-state index is 0.270. The van der Waals surface area contributed by atoms with E-state index in [0.29, 0.717) is 0 Å². The van der Waals surface area contributed by atoms with Gasteiger partial charge >= 0.3 is 0 Å². The summed E-state index contributed by atoms with van der Waals surface area (Å²) in [6, 6.07) is 0. The van der Waals surface area contributed by atoms with Crippen molar-refractivity contribution in [2.45, 2.75) is 38.7 Å². The molecule has 0 fully saturated rings. The van der Waals surface area contributed by atoms with Crippen LogP contribution in [0.3, 0.4) is 0 Å². The Balaban J connectivity index is 3.17. The van der Waals surface area contributed by atoms with E-state index in [-0.39, 0.29) is 6.10 Å². The second kappa shape index (κ2) is 6.81. The highest BCUT2D eigenvalue weighted by molar-refractivity contribution is 4.78. The van der Waals surface area contributed by atoms with E-state index >= 15 is 0 Å². The topological polar surface area (TPSA) is 9.23 Å². The zero-order valence-electron chi connectivity index (χ0n) is 7.10. The van der Waals surface area contributed by atoms with Gasteiger partial charge in [0.25, 0.3) is 0 Å². The molecule has 0 aromatic heterocycles. The lowest BCUT2D eigenvalue weighted by Crippen LogP contribution is -2.05. The quantitative estimate of drug-likeness (QED) is 0.409. The van der Waals surface area contributed by atoms with E-state index < -0.39 is 0 Å². The van der Waals surface area contributed by atoms with E-state index in [9.17, 15) is 0 Å². The van der Waals surface area contributed by atoms with E-state index in [1.165, 1.54) is 19.3 Å². The van der Waals surface area contributed by atoms with Crippen LogP contribution in [-0.4, -0.2) is 13.2 Å². The molecule has 1 nitrogen and oxygen atoms in total. The molecule has 0 amide bonds. The van der Waals surface area contributed by atoms with Crippen LogP contribution in [0.4, 0.5) is 0 Å². The molecule has 0 rings (SSSR count). The van der Waals surface area contributed by atoms with Gasteiger partial charge in [-0.3, -0.25) is 0 Å². The molecule has 0 aliphatic rings. The third kappa shape index (κ3) is 4.57. The second-order valence-electron chi connectivity index (χ2n) is 2.51. The number of unbranched alkanes of at least 4 members (excludes halogenated alkanes) is 2. The standard InChI is InChI=1S/C9H18O/c1-4-6-7-8-9(5-2)10-3/h5,9H,2,4,6-8H2,1,3H3. The van der Waals surface area contributed by atoms with Gasteiger partial charge in [0, 0.05) is 7.11 Å². The van der Waals surface area contributed by atoms with E-state index in [0.717, 1.165) is 6.42 Å². The molecule has 1 heteroatoms. The number of rotatable bonds is 6. The summed E-state index contributed by atoms with van der Waals surface area (Å²) in [6.07, 6.45) is 7.08. The molecule has 1 atom stereocenters. The molecule has 0 N–H and O–H groups in total. The number of ether oxygens (including phenoxy) is 1. The number of hydrogen-bond donors (Lipinski definition) is 0. The third-order valence-corrected chi connectivity index (χ3v) is 1.66. The first-order valence-corrected chi connectivity index (χ1v) is 4.00. The Morgan fingerprint density at radius 2 is 2.20 bits per heavy atom. The van der Waals surface area contributed by atoms with Gasteiger partial charge in [0.2, 0.25) is 0 Å². The van der Waals surface area contributed by atoms with Crippen molar-refractivity contribution < 1.29 is 4.74 Å². The molecule has 0 aromatic carbocycles. The van der Waals surface area contributed by atoms with Crippen molar-refractivity contribution in [2.75, 3.05) is 7.11 Å². The second-order valence-corrected chi connectivity index (χ2v) is 2.51. The third-order valence-electron chi connectivity index (χ3n) is 1.66. The smallest absolute Gasteiger partial charge is 0.0749 e. The summed E-state index contributed by atoms with van der Waals surface area (Å²) in [7, 11) is 1.73. The first kappa shape index (κ1) is 9.70. The Hall–Kier alpha value is -0.300. The van der Waals surface area contributed by atoms with Crippen LogP contribution in [-0.2, 0) is 4.74 Å². The van der Waals surface area contributed by atoms with Gasteiger partial charge in [0.15, 0.2) is 0 Å². The van der Waals surface area contributed by atoms with Gasteiger partial charge in [-0.1, -0.05) is 32.3 Å². The van der Waals surface area contributed by atoms with Gasteiger partial charge in [0.1, 0.15) is 0 Å². The van der Waals surface area contributed by atoms with E-state index in [1.807, 2.05) is 6.08 Å². The average molecular weight is 142 g/mol. The van der Waals surface area contributed by atoms with Gasteiger partial charge < -0.3 is 4.74 Å². The first-order chi connectivity index (χ1) is 4.85. The molecule has 0 aliphatic heterocycles. The molecule has 10 heavy (non-hydrogen) atoms. The molecule has 0 radical (unpaired) electrons. The van der Waals surface area contributed by atoms with Crippen molar-refractivity contribution in [1.82, 2.24) is 0 Å². The monoisotopic (exact) mass is 142 g/mol. The maximum Gasteiger partial charge on any atom is 0.0749 e. The van der Waals surface area contributed by atoms with E-state index in [2.05, 4.69) is 13.5 Å². The van der Waals surface area contributed by atoms with Gasteiger partial charge in [0.05, 0.1) is 6.10 Å². The minimum absolute atomic E-state index is 0.270. The fraction of sp³-hybridized carbons (Fsp3) is 0.778. The van der Waals surface area contributed by atoms with Crippen molar-refractivity contribution >= 4 is 0 Å². The average Bonchev–Trinajstić information content (AvgIpc) is 1.99. The Morgan fingerprint density at radius 3 is 2.60 bits per heavy atom. The highest BCUT2D eigenvalue weighted by atomic mass is 16.5. The lowest BCUT2D eigenvalue weighted by atomic mass is 10.1. The zero-order valence-corrected chi connectivity index (χ0v) is 7.10. The molecule has 60 valence electrons. The summed E-state index contributed by atoms with van der Waals surface area (Å²) in [4.78, 5) is 0. The summed E-state index contributed by atoms with van der Waals surface area (Å²) in [5.41, 5.74) is 0. The maximum absolute atomic E-state index is 5.13. The van der Waals surface area contributed by atoms with Crippen LogP contribution < -0.4 is 0 Å². The summed E-state index contributed by atoms with van der Waals surface area (Å²) < 4.78 is 5.13. The van der Waals surface area contributed by atoms with Gasteiger partial charge in [-0.25, -0.2) is 0 Å². The zero-order chi connectivity index (χ0) is 7.82. The fourth-order valence-corrected chi connectivity index (χ4v) is 0.927. The van der Waals surface area contributed by atoms with Gasteiger partial charge in [-0.15, -0.1) is 6.58 Å². The largest absolute Gasteiger partial charge is 0.377 e.